The third-order valence-electron chi connectivity index (χ3n) is 6.47. The Kier molecular flexibility index (Phi) is 5.26. The number of piperidine rings is 1. The highest BCUT2D eigenvalue weighted by Crippen LogP contribution is 2.42. The number of aromatic nitrogens is 1. The quantitative estimate of drug-likeness (QED) is 0.771. The van der Waals surface area contributed by atoms with Crippen molar-refractivity contribution in [2.75, 3.05) is 39.4 Å². The second-order valence-electron chi connectivity index (χ2n) is 8.93. The van der Waals surface area contributed by atoms with Crippen LogP contribution >= 0.6 is 0 Å². The summed E-state index contributed by atoms with van der Waals surface area (Å²) < 4.78 is 5.73. The smallest absolute Gasteiger partial charge is 0.254 e. The van der Waals surface area contributed by atoms with Gasteiger partial charge in [0.15, 0.2) is 0 Å². The van der Waals surface area contributed by atoms with Gasteiger partial charge in [0.05, 0.1) is 5.54 Å². The zero-order valence-corrected chi connectivity index (χ0v) is 17.0. The van der Waals surface area contributed by atoms with Crippen LogP contribution < -0.4 is 0 Å². The number of rotatable bonds is 6. The Labute approximate surface area is 163 Å². The van der Waals surface area contributed by atoms with E-state index in [0.29, 0.717) is 5.92 Å². The summed E-state index contributed by atoms with van der Waals surface area (Å²) in [5.74, 6) is 1.68. The molecule has 4 rings (SSSR count). The van der Waals surface area contributed by atoms with Gasteiger partial charge in [-0.2, -0.15) is 0 Å². The molecular formula is C22H33N3O2. The number of pyridine rings is 1. The van der Waals surface area contributed by atoms with E-state index in [0.717, 1.165) is 62.1 Å². The molecule has 0 unspecified atom stereocenters. The molecule has 2 saturated heterocycles. The van der Waals surface area contributed by atoms with Crippen molar-refractivity contribution in [3.05, 3.63) is 29.1 Å². The lowest BCUT2D eigenvalue weighted by molar-refractivity contribution is -0.0887. The Hall–Kier alpha value is -1.46. The van der Waals surface area contributed by atoms with Crippen LogP contribution in [0.25, 0.3) is 0 Å². The maximum atomic E-state index is 13.0. The summed E-state index contributed by atoms with van der Waals surface area (Å²) in [6, 6.07) is 3.84. The van der Waals surface area contributed by atoms with Gasteiger partial charge in [-0.25, -0.2) is 0 Å². The van der Waals surface area contributed by atoms with Crippen LogP contribution in [0.4, 0.5) is 0 Å². The largest absolute Gasteiger partial charge is 0.381 e. The molecule has 0 N–H and O–H groups in total. The van der Waals surface area contributed by atoms with Crippen LogP contribution in [0.5, 0.6) is 0 Å². The van der Waals surface area contributed by atoms with E-state index in [1.807, 2.05) is 30.9 Å². The fraction of sp³-hybridized carbons (Fsp3) is 0.727. The molecule has 1 aliphatic carbocycles. The van der Waals surface area contributed by atoms with Crippen molar-refractivity contribution >= 4 is 5.91 Å². The summed E-state index contributed by atoms with van der Waals surface area (Å²) >= 11 is 0. The van der Waals surface area contributed by atoms with Crippen molar-refractivity contribution in [3.63, 3.8) is 0 Å². The topological polar surface area (TPSA) is 45.7 Å². The van der Waals surface area contributed by atoms with Gasteiger partial charge in [0.25, 0.3) is 5.91 Å². The highest BCUT2D eigenvalue weighted by Gasteiger charge is 2.53. The highest BCUT2D eigenvalue weighted by molar-refractivity contribution is 5.95. The molecule has 5 nitrogen and oxygen atoms in total. The Balaban J connectivity index is 1.45. The molecule has 0 aromatic carbocycles. The van der Waals surface area contributed by atoms with Crippen molar-refractivity contribution in [3.8, 4) is 0 Å². The average Bonchev–Trinajstić information content (AvgIpc) is 3.41. The van der Waals surface area contributed by atoms with Crippen LogP contribution in [0.15, 0.2) is 12.1 Å². The second-order valence-corrected chi connectivity index (χ2v) is 8.93. The molecule has 1 amide bonds. The molecule has 2 aliphatic heterocycles. The molecule has 1 aromatic heterocycles. The monoisotopic (exact) mass is 371 g/mol. The molecule has 0 radical (unpaired) electrons. The van der Waals surface area contributed by atoms with Crippen LogP contribution in [0.2, 0.25) is 0 Å². The van der Waals surface area contributed by atoms with Gasteiger partial charge in [0.2, 0.25) is 0 Å². The molecule has 1 atom stereocenters. The minimum atomic E-state index is 0.160. The molecule has 1 spiro atoms. The number of aryl methyl sites for hydroxylation is 2. The molecular weight excluding hydrogens is 338 g/mol. The number of ether oxygens (including phenoxy) is 1. The number of hydrogen-bond acceptors (Lipinski definition) is 4. The third kappa shape index (κ3) is 4.04. The van der Waals surface area contributed by atoms with Crippen LogP contribution in [0.3, 0.4) is 0 Å². The van der Waals surface area contributed by atoms with Gasteiger partial charge in [-0.05, 0) is 77.0 Å². The van der Waals surface area contributed by atoms with Crippen molar-refractivity contribution in [1.82, 2.24) is 14.8 Å². The number of carbonyl (C=O) groups excluding carboxylic acids is 1. The summed E-state index contributed by atoms with van der Waals surface area (Å²) in [4.78, 5) is 22.2. The van der Waals surface area contributed by atoms with Crippen molar-refractivity contribution in [1.29, 1.82) is 0 Å². The van der Waals surface area contributed by atoms with Crippen LogP contribution in [0.1, 0.15) is 54.4 Å². The molecule has 3 aliphatic rings. The van der Waals surface area contributed by atoms with Gasteiger partial charge in [-0.1, -0.05) is 0 Å². The first kappa shape index (κ1) is 18.9. The van der Waals surface area contributed by atoms with Crippen molar-refractivity contribution in [2.24, 2.45) is 11.8 Å². The normalized spacial score (nSPS) is 24.9. The fourth-order valence-electron chi connectivity index (χ4n) is 4.95. The van der Waals surface area contributed by atoms with E-state index < -0.39 is 0 Å². The first-order valence-corrected chi connectivity index (χ1v) is 10.6. The predicted octanol–water partition coefficient (Wildman–Crippen LogP) is 3.05. The Bertz CT molecular complexity index is 675. The summed E-state index contributed by atoms with van der Waals surface area (Å²) in [6.07, 6.45) is 5.16. The molecule has 1 aromatic rings. The van der Waals surface area contributed by atoms with E-state index in [4.69, 9.17) is 4.74 Å². The maximum Gasteiger partial charge on any atom is 0.254 e. The van der Waals surface area contributed by atoms with Gasteiger partial charge in [0, 0.05) is 49.8 Å². The first-order chi connectivity index (χ1) is 13.0. The zero-order chi connectivity index (χ0) is 19.0. The lowest BCUT2D eigenvalue weighted by Gasteiger charge is -2.59. The molecule has 1 saturated carbocycles. The van der Waals surface area contributed by atoms with Gasteiger partial charge < -0.3 is 9.64 Å². The maximum absolute atomic E-state index is 13.0. The van der Waals surface area contributed by atoms with Crippen molar-refractivity contribution < 1.29 is 9.53 Å². The van der Waals surface area contributed by atoms with E-state index in [-0.39, 0.29) is 11.4 Å². The molecule has 148 valence electrons. The SMILES string of the molecule is CCOC[C@@H]1CCN(CC2CC2)C2(C1)CN(C(=O)c1cc(C)nc(C)c1)C2. The average molecular weight is 372 g/mol. The minimum absolute atomic E-state index is 0.160. The molecule has 5 heteroatoms. The number of amides is 1. The van der Waals surface area contributed by atoms with E-state index in [9.17, 15) is 4.79 Å². The summed E-state index contributed by atoms with van der Waals surface area (Å²) in [5, 5.41) is 0. The molecule has 0 bridgehead atoms. The Morgan fingerprint density at radius 1 is 1.19 bits per heavy atom. The fourth-order valence-corrected chi connectivity index (χ4v) is 4.95. The number of carbonyl (C=O) groups is 1. The number of likely N-dealkylation sites (tertiary alicyclic amines) is 2. The van der Waals surface area contributed by atoms with E-state index in [1.54, 1.807) is 0 Å². The number of hydrogen-bond donors (Lipinski definition) is 0. The zero-order valence-electron chi connectivity index (χ0n) is 17.0. The van der Waals surface area contributed by atoms with Gasteiger partial charge in [-0.3, -0.25) is 14.7 Å². The van der Waals surface area contributed by atoms with E-state index >= 15 is 0 Å². The summed E-state index contributed by atoms with van der Waals surface area (Å²) in [5.41, 5.74) is 2.79. The lowest BCUT2D eigenvalue weighted by Crippen LogP contribution is -2.73. The molecule has 3 heterocycles. The predicted molar refractivity (Wildman–Crippen MR) is 106 cm³/mol. The highest BCUT2D eigenvalue weighted by atomic mass is 16.5. The van der Waals surface area contributed by atoms with Crippen LogP contribution in [-0.4, -0.2) is 65.6 Å². The second kappa shape index (κ2) is 7.51. The standard InChI is InChI=1S/C22H33N3O2/c1-4-27-13-19-7-8-25(12-18-5-6-18)22(11-19)14-24(15-22)21(26)20-9-16(2)23-17(3)10-20/h9-10,18-19H,4-8,11-15H2,1-3H3/t19-/m1/s1. The Morgan fingerprint density at radius 2 is 1.89 bits per heavy atom. The first-order valence-electron chi connectivity index (χ1n) is 10.6. The third-order valence-corrected chi connectivity index (χ3v) is 6.47. The van der Waals surface area contributed by atoms with Crippen LogP contribution in [-0.2, 0) is 4.74 Å². The van der Waals surface area contributed by atoms with E-state index in [2.05, 4.69) is 16.8 Å². The minimum Gasteiger partial charge on any atom is -0.381 e. The molecule has 3 fully saturated rings. The Morgan fingerprint density at radius 3 is 2.52 bits per heavy atom. The lowest BCUT2D eigenvalue weighted by atomic mass is 9.74. The molecule has 27 heavy (non-hydrogen) atoms. The van der Waals surface area contributed by atoms with E-state index in [1.165, 1.54) is 25.8 Å². The summed E-state index contributed by atoms with van der Waals surface area (Å²) in [7, 11) is 0. The van der Waals surface area contributed by atoms with Gasteiger partial charge in [-0.15, -0.1) is 0 Å². The van der Waals surface area contributed by atoms with Crippen LogP contribution in [0, 0.1) is 25.7 Å². The van der Waals surface area contributed by atoms with Crippen molar-refractivity contribution in [2.45, 2.75) is 52.0 Å². The number of nitrogens with zero attached hydrogens (tertiary/aromatic N) is 3. The van der Waals surface area contributed by atoms with Gasteiger partial charge >= 0.3 is 0 Å². The van der Waals surface area contributed by atoms with Gasteiger partial charge in [0.1, 0.15) is 0 Å². The summed E-state index contributed by atoms with van der Waals surface area (Å²) in [6.45, 7) is 11.7.